The minimum absolute atomic E-state index is 0.0366. The van der Waals surface area contributed by atoms with Gasteiger partial charge in [0.1, 0.15) is 0 Å². The second kappa shape index (κ2) is 10.4. The van der Waals surface area contributed by atoms with Crippen LogP contribution in [0.2, 0.25) is 5.02 Å². The molecule has 3 amide bonds. The third-order valence-corrected chi connectivity index (χ3v) is 7.83. The summed E-state index contributed by atoms with van der Waals surface area (Å²) in [6.07, 6.45) is 2.53. The third kappa shape index (κ3) is 5.59. The largest absolute Gasteiger partial charge is 0.349 e. The van der Waals surface area contributed by atoms with Gasteiger partial charge in [0.15, 0.2) is 5.01 Å². The number of aromatic nitrogens is 1. The summed E-state index contributed by atoms with van der Waals surface area (Å²) in [6.45, 7) is 1.72. The van der Waals surface area contributed by atoms with Crippen molar-refractivity contribution in [1.82, 2.24) is 25.4 Å². The van der Waals surface area contributed by atoms with Crippen LogP contribution in [0.1, 0.15) is 50.0 Å². The topological polar surface area (TPSA) is 94.6 Å². The molecule has 1 saturated carbocycles. The van der Waals surface area contributed by atoms with E-state index >= 15 is 0 Å². The van der Waals surface area contributed by atoms with Crippen molar-refractivity contribution < 1.29 is 14.4 Å². The lowest BCUT2D eigenvalue weighted by atomic mass is 9.81. The molecule has 0 spiro atoms. The minimum atomic E-state index is -0.380. The molecule has 2 aromatic rings. The molecule has 8 nitrogen and oxygen atoms in total. The first kappa shape index (κ1) is 24.6. The smallest absolute Gasteiger partial charge is 0.280 e. The summed E-state index contributed by atoms with van der Waals surface area (Å²) in [5, 5.41) is 7.14. The van der Waals surface area contributed by atoms with E-state index in [0.717, 1.165) is 30.1 Å². The van der Waals surface area contributed by atoms with Gasteiger partial charge in [-0.15, -0.1) is 11.3 Å². The lowest BCUT2D eigenvalue weighted by Gasteiger charge is -2.37. The Hall–Kier alpha value is -2.49. The van der Waals surface area contributed by atoms with E-state index in [-0.39, 0.29) is 35.7 Å². The maximum atomic E-state index is 13.2. The number of nitrogens with zero attached hydrogens (tertiary/aromatic N) is 3. The van der Waals surface area contributed by atoms with E-state index < -0.39 is 0 Å². The average Bonchev–Trinajstić information content (AvgIpc) is 3.23. The molecule has 0 unspecified atom stereocenters. The Morgan fingerprint density at radius 2 is 1.79 bits per heavy atom. The van der Waals surface area contributed by atoms with Crippen LogP contribution in [-0.2, 0) is 17.8 Å². The standard InChI is InChI=1S/C24H30ClN5O3S/c1-29(2)24(33)15-6-9-17(26-21(31)14-4-7-16(25)8-5-14)19(12-15)27-22(32)23-28-18-10-11-30(3)13-20(18)34-23/h4-5,7-8,15,17,19H,6,9-13H2,1-3H3,(H,26,31)(H,27,32)/t15-,17-,19+/m0/s1. The lowest BCUT2D eigenvalue weighted by Crippen LogP contribution is -2.55. The number of hydrogen-bond acceptors (Lipinski definition) is 6. The van der Waals surface area contributed by atoms with Gasteiger partial charge in [-0.05, 0) is 50.6 Å². The van der Waals surface area contributed by atoms with Gasteiger partial charge in [-0.25, -0.2) is 4.98 Å². The van der Waals surface area contributed by atoms with E-state index in [4.69, 9.17) is 11.6 Å². The predicted octanol–water partition coefficient (Wildman–Crippen LogP) is 2.57. The number of halogens is 1. The molecule has 1 aliphatic carbocycles. The number of fused-ring (bicyclic) bond motifs is 1. The molecule has 1 fully saturated rings. The molecular weight excluding hydrogens is 474 g/mol. The maximum absolute atomic E-state index is 13.2. The van der Waals surface area contributed by atoms with Crippen LogP contribution in [0.5, 0.6) is 0 Å². The number of likely N-dealkylation sites (N-methyl/N-ethyl adjacent to an activating group) is 1. The summed E-state index contributed by atoms with van der Waals surface area (Å²) in [7, 11) is 5.53. The Morgan fingerprint density at radius 1 is 1.09 bits per heavy atom. The van der Waals surface area contributed by atoms with Gasteiger partial charge >= 0.3 is 0 Å². The van der Waals surface area contributed by atoms with Crippen LogP contribution in [0.4, 0.5) is 0 Å². The molecule has 2 heterocycles. The zero-order valence-corrected chi connectivity index (χ0v) is 21.2. The van der Waals surface area contributed by atoms with Crippen molar-refractivity contribution in [1.29, 1.82) is 0 Å². The predicted molar refractivity (Wildman–Crippen MR) is 132 cm³/mol. The molecule has 182 valence electrons. The van der Waals surface area contributed by atoms with Crippen molar-refractivity contribution in [3.05, 3.63) is 50.4 Å². The molecule has 2 aliphatic rings. The van der Waals surface area contributed by atoms with Crippen LogP contribution in [-0.4, -0.2) is 72.3 Å². The first-order valence-electron chi connectivity index (χ1n) is 11.5. The Morgan fingerprint density at radius 3 is 2.50 bits per heavy atom. The normalized spacial score (nSPS) is 22.5. The summed E-state index contributed by atoms with van der Waals surface area (Å²) in [5.41, 5.74) is 1.49. The number of rotatable bonds is 5. The zero-order chi connectivity index (χ0) is 24.4. The summed E-state index contributed by atoms with van der Waals surface area (Å²) in [5.74, 6) is -0.654. The summed E-state index contributed by atoms with van der Waals surface area (Å²) < 4.78 is 0. The number of hydrogen-bond donors (Lipinski definition) is 2. The number of carbonyl (C=O) groups is 3. The highest BCUT2D eigenvalue weighted by Crippen LogP contribution is 2.28. The first-order valence-corrected chi connectivity index (χ1v) is 12.7. The molecule has 1 aromatic carbocycles. The highest BCUT2D eigenvalue weighted by atomic mass is 35.5. The van der Waals surface area contributed by atoms with E-state index in [2.05, 4.69) is 27.6 Å². The zero-order valence-electron chi connectivity index (χ0n) is 19.6. The fourth-order valence-corrected chi connectivity index (χ4v) is 5.81. The highest BCUT2D eigenvalue weighted by molar-refractivity contribution is 7.13. The summed E-state index contributed by atoms with van der Waals surface area (Å²) >= 11 is 7.36. The van der Waals surface area contributed by atoms with Gasteiger partial charge in [-0.2, -0.15) is 0 Å². The van der Waals surface area contributed by atoms with E-state index in [1.807, 2.05) is 0 Å². The average molecular weight is 504 g/mol. The molecule has 4 rings (SSSR count). The van der Waals surface area contributed by atoms with Crippen molar-refractivity contribution in [2.24, 2.45) is 5.92 Å². The molecule has 1 aromatic heterocycles. The molecule has 0 radical (unpaired) electrons. The summed E-state index contributed by atoms with van der Waals surface area (Å²) in [4.78, 5) is 48.2. The van der Waals surface area contributed by atoms with Crippen LogP contribution in [0.3, 0.4) is 0 Å². The van der Waals surface area contributed by atoms with E-state index in [0.29, 0.717) is 34.9 Å². The summed E-state index contributed by atoms with van der Waals surface area (Å²) in [6, 6.07) is 6.01. The van der Waals surface area contributed by atoms with Crippen LogP contribution >= 0.6 is 22.9 Å². The Kier molecular flexibility index (Phi) is 7.54. The van der Waals surface area contributed by atoms with Crippen molar-refractivity contribution in [2.75, 3.05) is 27.7 Å². The van der Waals surface area contributed by atoms with Crippen molar-refractivity contribution in [3.8, 4) is 0 Å². The highest BCUT2D eigenvalue weighted by Gasteiger charge is 2.37. The Balaban J connectivity index is 1.50. The molecular formula is C24H30ClN5O3S. The number of thiazole rings is 1. The Bertz CT molecular complexity index is 1070. The second-order valence-corrected chi connectivity index (χ2v) is 10.8. The maximum Gasteiger partial charge on any atom is 0.280 e. The van der Waals surface area contributed by atoms with Crippen molar-refractivity contribution >= 4 is 40.7 Å². The van der Waals surface area contributed by atoms with Gasteiger partial charge in [0.25, 0.3) is 11.8 Å². The van der Waals surface area contributed by atoms with Gasteiger partial charge in [0.05, 0.1) is 11.7 Å². The first-order chi connectivity index (χ1) is 16.2. The van der Waals surface area contributed by atoms with E-state index in [1.54, 1.807) is 43.3 Å². The molecule has 1 aliphatic heterocycles. The van der Waals surface area contributed by atoms with Crippen LogP contribution in [0, 0.1) is 5.92 Å². The molecule has 3 atom stereocenters. The van der Waals surface area contributed by atoms with Crippen LogP contribution in [0.15, 0.2) is 24.3 Å². The molecule has 2 N–H and O–H groups in total. The molecule has 0 saturated heterocycles. The van der Waals surface area contributed by atoms with Crippen LogP contribution < -0.4 is 10.6 Å². The fraction of sp³-hybridized carbons (Fsp3) is 0.500. The van der Waals surface area contributed by atoms with Gasteiger partial charge in [0.2, 0.25) is 5.91 Å². The van der Waals surface area contributed by atoms with Gasteiger partial charge in [-0.1, -0.05) is 11.6 Å². The van der Waals surface area contributed by atoms with E-state index in [9.17, 15) is 14.4 Å². The molecule has 10 heteroatoms. The van der Waals surface area contributed by atoms with Gasteiger partial charge in [0, 0.05) is 61.0 Å². The van der Waals surface area contributed by atoms with Gasteiger partial charge in [-0.3, -0.25) is 14.4 Å². The Labute approximate surface area is 208 Å². The quantitative estimate of drug-likeness (QED) is 0.654. The number of benzene rings is 1. The van der Waals surface area contributed by atoms with Crippen molar-refractivity contribution in [3.63, 3.8) is 0 Å². The molecule has 0 bridgehead atoms. The minimum Gasteiger partial charge on any atom is -0.349 e. The molecule has 34 heavy (non-hydrogen) atoms. The number of nitrogens with one attached hydrogen (secondary N) is 2. The van der Waals surface area contributed by atoms with Crippen molar-refractivity contribution in [2.45, 2.75) is 44.3 Å². The third-order valence-electron chi connectivity index (χ3n) is 6.50. The SMILES string of the molecule is CN1CCc2nc(C(=O)N[C@@H]3C[C@@H](C(=O)N(C)C)CC[C@@H]3NC(=O)c3ccc(Cl)cc3)sc2C1. The van der Waals surface area contributed by atoms with Gasteiger partial charge < -0.3 is 20.4 Å². The lowest BCUT2D eigenvalue weighted by molar-refractivity contribution is -0.134. The van der Waals surface area contributed by atoms with Crippen LogP contribution in [0.25, 0.3) is 0 Å². The number of carbonyl (C=O) groups excluding carboxylic acids is 3. The fourth-order valence-electron chi connectivity index (χ4n) is 4.60. The van der Waals surface area contributed by atoms with E-state index in [1.165, 1.54) is 11.3 Å². The monoisotopic (exact) mass is 503 g/mol. The second-order valence-electron chi connectivity index (χ2n) is 9.29. The number of amides is 3.